The van der Waals surface area contributed by atoms with Crippen molar-refractivity contribution in [3.05, 3.63) is 59.9 Å². The minimum Gasteiger partial charge on any atom is -0.456 e. The van der Waals surface area contributed by atoms with Gasteiger partial charge in [0.05, 0.1) is 0 Å². The van der Waals surface area contributed by atoms with Gasteiger partial charge in [0.15, 0.2) is 0 Å². The molecule has 0 bridgehead atoms. The zero-order valence-electron chi connectivity index (χ0n) is 12.2. The minimum atomic E-state index is -0.245. The molecule has 0 unspecified atom stereocenters. The Bertz CT molecular complexity index is 744. The van der Waals surface area contributed by atoms with Crippen LogP contribution in [0.25, 0.3) is 22.3 Å². The van der Waals surface area contributed by atoms with Crippen molar-refractivity contribution >= 4 is 11.0 Å². The average Bonchev–Trinajstić information content (AvgIpc) is 2.88. The van der Waals surface area contributed by atoms with Crippen molar-refractivity contribution in [2.45, 2.75) is 26.4 Å². The topological polar surface area (TPSA) is 25.2 Å². The van der Waals surface area contributed by atoms with Gasteiger partial charge in [-0.05, 0) is 29.8 Å². The molecule has 3 heteroatoms. The summed E-state index contributed by atoms with van der Waals surface area (Å²) < 4.78 is 19.0. The van der Waals surface area contributed by atoms with Crippen LogP contribution in [-0.4, -0.2) is 6.04 Å². The first-order valence-corrected chi connectivity index (χ1v) is 7.13. The zero-order valence-corrected chi connectivity index (χ0v) is 12.2. The Hall–Kier alpha value is -2.13. The number of fused-ring (bicyclic) bond motifs is 1. The monoisotopic (exact) mass is 283 g/mol. The smallest absolute Gasteiger partial charge is 0.135 e. The van der Waals surface area contributed by atoms with Crippen molar-refractivity contribution in [2.75, 3.05) is 0 Å². The third-order valence-electron chi connectivity index (χ3n) is 3.43. The molecule has 0 amide bonds. The second-order valence-corrected chi connectivity index (χ2v) is 5.53. The lowest BCUT2D eigenvalue weighted by Gasteiger charge is -2.08. The lowest BCUT2D eigenvalue weighted by molar-refractivity contribution is 0.589. The molecule has 0 aliphatic heterocycles. The summed E-state index contributed by atoms with van der Waals surface area (Å²) >= 11 is 0. The summed E-state index contributed by atoms with van der Waals surface area (Å²) in [6.07, 6.45) is 0. The molecule has 21 heavy (non-hydrogen) atoms. The quantitative estimate of drug-likeness (QED) is 0.748. The van der Waals surface area contributed by atoms with Crippen LogP contribution in [0.4, 0.5) is 4.39 Å². The Labute approximate surface area is 123 Å². The molecule has 0 fully saturated rings. The fraction of sp³-hybridized carbons (Fsp3) is 0.222. The first kappa shape index (κ1) is 13.8. The van der Waals surface area contributed by atoms with Crippen molar-refractivity contribution in [1.82, 2.24) is 5.32 Å². The summed E-state index contributed by atoms with van der Waals surface area (Å²) in [5, 5.41) is 4.17. The van der Waals surface area contributed by atoms with Crippen LogP contribution >= 0.6 is 0 Å². The largest absolute Gasteiger partial charge is 0.456 e. The molecule has 3 aromatic rings. The van der Waals surface area contributed by atoms with Gasteiger partial charge < -0.3 is 9.73 Å². The minimum absolute atomic E-state index is 0.245. The van der Waals surface area contributed by atoms with Crippen LogP contribution in [0, 0.1) is 5.82 Å². The molecular formula is C18H18FNO. The van der Waals surface area contributed by atoms with Gasteiger partial charge in [-0.3, -0.25) is 0 Å². The molecule has 0 aliphatic rings. The molecule has 0 aliphatic carbocycles. The SMILES string of the molecule is CC(C)NCc1ccc(-c2cc3cc(F)ccc3o2)cc1. The van der Waals surface area contributed by atoms with Gasteiger partial charge in [-0.15, -0.1) is 0 Å². The van der Waals surface area contributed by atoms with Gasteiger partial charge in [-0.2, -0.15) is 0 Å². The molecule has 2 aromatic carbocycles. The predicted octanol–water partition coefficient (Wildman–Crippen LogP) is 4.74. The van der Waals surface area contributed by atoms with Gasteiger partial charge in [-0.25, -0.2) is 4.39 Å². The fourth-order valence-corrected chi connectivity index (χ4v) is 2.27. The van der Waals surface area contributed by atoms with Gasteiger partial charge in [0.2, 0.25) is 0 Å². The summed E-state index contributed by atoms with van der Waals surface area (Å²) in [7, 11) is 0. The maximum Gasteiger partial charge on any atom is 0.135 e. The highest BCUT2D eigenvalue weighted by Gasteiger charge is 2.07. The summed E-state index contributed by atoms with van der Waals surface area (Å²) in [5.41, 5.74) is 2.94. The van der Waals surface area contributed by atoms with E-state index in [0.29, 0.717) is 11.6 Å². The number of furan rings is 1. The van der Waals surface area contributed by atoms with Gasteiger partial charge >= 0.3 is 0 Å². The Morgan fingerprint density at radius 1 is 1.05 bits per heavy atom. The van der Waals surface area contributed by atoms with Crippen molar-refractivity contribution in [3.63, 3.8) is 0 Å². The van der Waals surface area contributed by atoms with Crippen LogP contribution in [0.2, 0.25) is 0 Å². The molecule has 1 aromatic heterocycles. The van der Waals surface area contributed by atoms with E-state index in [1.807, 2.05) is 18.2 Å². The number of nitrogens with one attached hydrogen (secondary N) is 1. The van der Waals surface area contributed by atoms with Gasteiger partial charge in [-0.1, -0.05) is 38.1 Å². The Morgan fingerprint density at radius 3 is 2.52 bits per heavy atom. The average molecular weight is 283 g/mol. The Morgan fingerprint density at radius 2 is 1.81 bits per heavy atom. The van der Waals surface area contributed by atoms with Crippen LogP contribution in [0.1, 0.15) is 19.4 Å². The first-order chi connectivity index (χ1) is 10.1. The van der Waals surface area contributed by atoms with Crippen LogP contribution < -0.4 is 5.32 Å². The first-order valence-electron chi connectivity index (χ1n) is 7.13. The van der Waals surface area contributed by atoms with E-state index in [0.717, 1.165) is 23.3 Å². The third-order valence-corrected chi connectivity index (χ3v) is 3.43. The Kier molecular flexibility index (Phi) is 3.76. The predicted molar refractivity (Wildman–Crippen MR) is 83.6 cm³/mol. The third kappa shape index (κ3) is 3.14. The summed E-state index contributed by atoms with van der Waals surface area (Å²) in [6.45, 7) is 5.10. The number of hydrogen-bond acceptors (Lipinski definition) is 2. The molecule has 0 saturated heterocycles. The van der Waals surface area contributed by atoms with Crippen molar-refractivity contribution in [3.8, 4) is 11.3 Å². The number of rotatable bonds is 4. The van der Waals surface area contributed by atoms with Crippen LogP contribution in [-0.2, 0) is 6.54 Å². The fourth-order valence-electron chi connectivity index (χ4n) is 2.27. The lowest BCUT2D eigenvalue weighted by Crippen LogP contribution is -2.21. The highest BCUT2D eigenvalue weighted by Crippen LogP contribution is 2.28. The molecule has 1 N–H and O–H groups in total. The molecular weight excluding hydrogens is 265 g/mol. The van der Waals surface area contributed by atoms with E-state index in [4.69, 9.17) is 4.42 Å². The number of benzene rings is 2. The van der Waals surface area contributed by atoms with Crippen molar-refractivity contribution in [2.24, 2.45) is 0 Å². The van der Waals surface area contributed by atoms with E-state index in [9.17, 15) is 4.39 Å². The van der Waals surface area contributed by atoms with Crippen LogP contribution in [0.3, 0.4) is 0 Å². The van der Waals surface area contributed by atoms with Gasteiger partial charge in [0.25, 0.3) is 0 Å². The molecule has 1 heterocycles. The van der Waals surface area contributed by atoms with Crippen molar-refractivity contribution < 1.29 is 8.81 Å². The second-order valence-electron chi connectivity index (χ2n) is 5.53. The second kappa shape index (κ2) is 5.70. The highest BCUT2D eigenvalue weighted by molar-refractivity contribution is 5.82. The van der Waals surface area contributed by atoms with Gasteiger partial charge in [0, 0.05) is 23.5 Å². The van der Waals surface area contributed by atoms with E-state index >= 15 is 0 Å². The summed E-state index contributed by atoms with van der Waals surface area (Å²) in [5.74, 6) is 0.518. The zero-order chi connectivity index (χ0) is 14.8. The van der Waals surface area contributed by atoms with E-state index in [1.165, 1.54) is 17.7 Å². The highest BCUT2D eigenvalue weighted by atomic mass is 19.1. The summed E-state index contributed by atoms with van der Waals surface area (Å²) in [4.78, 5) is 0. The van der Waals surface area contributed by atoms with E-state index in [2.05, 4.69) is 31.3 Å². The molecule has 2 nitrogen and oxygen atoms in total. The van der Waals surface area contributed by atoms with Crippen LogP contribution in [0.15, 0.2) is 52.9 Å². The van der Waals surface area contributed by atoms with E-state index < -0.39 is 0 Å². The molecule has 0 spiro atoms. The standard InChI is InChI=1S/C18H18FNO/c1-12(2)20-11-13-3-5-14(6-4-13)18-10-15-9-16(19)7-8-17(15)21-18/h3-10,12,20H,11H2,1-2H3. The molecule has 0 radical (unpaired) electrons. The summed E-state index contributed by atoms with van der Waals surface area (Å²) in [6, 6.07) is 15.1. The maximum atomic E-state index is 13.2. The Balaban J connectivity index is 1.85. The van der Waals surface area contributed by atoms with Gasteiger partial charge in [0.1, 0.15) is 17.2 Å². The van der Waals surface area contributed by atoms with E-state index in [1.54, 1.807) is 6.07 Å². The van der Waals surface area contributed by atoms with Crippen LogP contribution in [0.5, 0.6) is 0 Å². The molecule has 0 atom stereocenters. The molecule has 0 saturated carbocycles. The van der Waals surface area contributed by atoms with E-state index in [-0.39, 0.29) is 5.82 Å². The lowest BCUT2D eigenvalue weighted by atomic mass is 10.1. The molecule has 3 rings (SSSR count). The number of hydrogen-bond donors (Lipinski definition) is 1. The molecule has 108 valence electrons. The normalized spacial score (nSPS) is 11.4. The van der Waals surface area contributed by atoms with Crippen molar-refractivity contribution in [1.29, 1.82) is 0 Å². The maximum absolute atomic E-state index is 13.2. The number of halogens is 1.